The minimum Gasteiger partial charge on any atom is -0.443 e. The molecule has 1 amide bonds. The Kier molecular flexibility index (Phi) is 7.17. The van der Waals surface area contributed by atoms with E-state index < -0.39 is 0 Å². The number of benzene rings is 2. The Labute approximate surface area is 202 Å². The average Bonchev–Trinajstić information content (AvgIpc) is 3.14. The highest BCUT2D eigenvalue weighted by Gasteiger charge is 2.16. The van der Waals surface area contributed by atoms with Gasteiger partial charge in [-0.15, -0.1) is 0 Å². The summed E-state index contributed by atoms with van der Waals surface area (Å²) in [4.78, 5) is 20.7. The van der Waals surface area contributed by atoms with Crippen LogP contribution in [0.15, 0.2) is 55.1 Å². The SMILES string of the molecule is C=CC(=O)Nc1cccc(Oc2sc(Nc3ccc(N4CCN(C)CC4)cc3C)nc2Cl)c1. The van der Waals surface area contributed by atoms with E-state index in [9.17, 15) is 4.79 Å². The van der Waals surface area contributed by atoms with Crippen LogP contribution in [0.5, 0.6) is 10.8 Å². The summed E-state index contributed by atoms with van der Waals surface area (Å²) < 4.78 is 5.92. The van der Waals surface area contributed by atoms with Gasteiger partial charge in [0, 0.05) is 49.3 Å². The molecule has 0 radical (unpaired) electrons. The lowest BCUT2D eigenvalue weighted by atomic mass is 10.1. The zero-order valence-electron chi connectivity index (χ0n) is 18.6. The largest absolute Gasteiger partial charge is 0.443 e. The monoisotopic (exact) mass is 483 g/mol. The molecule has 2 N–H and O–H groups in total. The summed E-state index contributed by atoms with van der Waals surface area (Å²) >= 11 is 7.65. The van der Waals surface area contributed by atoms with Crippen LogP contribution in [0.2, 0.25) is 5.15 Å². The predicted molar refractivity (Wildman–Crippen MR) is 137 cm³/mol. The van der Waals surface area contributed by atoms with Crippen molar-refractivity contribution in [2.24, 2.45) is 0 Å². The summed E-state index contributed by atoms with van der Waals surface area (Å²) in [5, 5.41) is 7.44. The van der Waals surface area contributed by atoms with E-state index in [0.717, 1.165) is 37.4 Å². The number of halogens is 1. The van der Waals surface area contributed by atoms with E-state index in [1.54, 1.807) is 24.3 Å². The molecule has 2 heterocycles. The highest BCUT2D eigenvalue weighted by Crippen LogP contribution is 2.39. The summed E-state index contributed by atoms with van der Waals surface area (Å²) in [6, 6.07) is 13.5. The number of carbonyl (C=O) groups excluding carboxylic acids is 1. The van der Waals surface area contributed by atoms with Crippen LogP contribution >= 0.6 is 22.9 Å². The molecule has 1 fully saturated rings. The van der Waals surface area contributed by atoms with E-state index in [2.05, 4.69) is 64.2 Å². The van der Waals surface area contributed by atoms with Crippen LogP contribution in [-0.2, 0) is 4.79 Å². The molecular weight excluding hydrogens is 458 g/mol. The molecule has 172 valence electrons. The Hall–Kier alpha value is -3.07. The van der Waals surface area contributed by atoms with Crippen molar-refractivity contribution in [1.29, 1.82) is 0 Å². The number of hydrogen-bond donors (Lipinski definition) is 2. The smallest absolute Gasteiger partial charge is 0.247 e. The first-order valence-corrected chi connectivity index (χ1v) is 11.8. The lowest BCUT2D eigenvalue weighted by molar-refractivity contribution is -0.111. The van der Waals surface area contributed by atoms with Gasteiger partial charge in [-0.3, -0.25) is 4.79 Å². The molecule has 0 aliphatic carbocycles. The number of amides is 1. The second kappa shape index (κ2) is 10.2. The fourth-order valence-electron chi connectivity index (χ4n) is 3.51. The molecule has 9 heteroatoms. The van der Waals surface area contributed by atoms with Crippen LogP contribution in [0.3, 0.4) is 0 Å². The maximum Gasteiger partial charge on any atom is 0.247 e. The average molecular weight is 484 g/mol. The van der Waals surface area contributed by atoms with E-state index in [1.165, 1.54) is 23.1 Å². The Morgan fingerprint density at radius 2 is 2.00 bits per heavy atom. The number of nitrogens with zero attached hydrogens (tertiary/aromatic N) is 3. The Bertz CT molecular complexity index is 1160. The predicted octanol–water partition coefficient (Wildman–Crippen LogP) is 5.52. The fraction of sp³-hybridized carbons (Fsp3) is 0.250. The molecule has 1 aliphatic heterocycles. The number of carbonyl (C=O) groups is 1. The Morgan fingerprint density at radius 3 is 2.73 bits per heavy atom. The topological polar surface area (TPSA) is 69.7 Å². The van der Waals surface area contributed by atoms with Gasteiger partial charge in [0.1, 0.15) is 5.75 Å². The van der Waals surface area contributed by atoms with E-state index in [1.807, 2.05) is 0 Å². The number of likely N-dealkylation sites (N-methyl/N-ethyl adjacent to an activating group) is 1. The number of thiazole rings is 1. The third-order valence-electron chi connectivity index (χ3n) is 5.38. The minimum atomic E-state index is -0.288. The van der Waals surface area contributed by atoms with Gasteiger partial charge in [-0.05, 0) is 55.9 Å². The van der Waals surface area contributed by atoms with E-state index in [-0.39, 0.29) is 11.1 Å². The quantitative estimate of drug-likeness (QED) is 0.431. The first kappa shape index (κ1) is 23.1. The lowest BCUT2D eigenvalue weighted by Gasteiger charge is -2.34. The van der Waals surface area contributed by atoms with Crippen molar-refractivity contribution in [2.75, 3.05) is 48.8 Å². The van der Waals surface area contributed by atoms with Gasteiger partial charge < -0.3 is 25.2 Å². The molecule has 0 saturated carbocycles. The third-order valence-corrected chi connectivity index (χ3v) is 6.59. The second-order valence-electron chi connectivity index (χ2n) is 7.84. The van der Waals surface area contributed by atoms with Crippen molar-refractivity contribution < 1.29 is 9.53 Å². The van der Waals surface area contributed by atoms with Crippen molar-refractivity contribution in [3.05, 3.63) is 65.8 Å². The van der Waals surface area contributed by atoms with E-state index in [0.29, 0.717) is 21.6 Å². The molecule has 7 nitrogen and oxygen atoms in total. The van der Waals surface area contributed by atoms with Crippen LogP contribution < -0.4 is 20.3 Å². The highest BCUT2D eigenvalue weighted by atomic mass is 35.5. The normalized spacial score (nSPS) is 14.1. The van der Waals surface area contributed by atoms with Crippen molar-refractivity contribution in [3.8, 4) is 10.8 Å². The Balaban J connectivity index is 1.44. The molecule has 1 aliphatic rings. The van der Waals surface area contributed by atoms with Crippen molar-refractivity contribution in [2.45, 2.75) is 6.92 Å². The van der Waals surface area contributed by atoms with Crippen molar-refractivity contribution >= 4 is 51.0 Å². The van der Waals surface area contributed by atoms with Crippen LogP contribution in [0.4, 0.5) is 22.2 Å². The number of hydrogen-bond acceptors (Lipinski definition) is 7. The van der Waals surface area contributed by atoms with Gasteiger partial charge in [0.25, 0.3) is 0 Å². The molecule has 1 saturated heterocycles. The molecule has 0 atom stereocenters. The van der Waals surface area contributed by atoms with Gasteiger partial charge >= 0.3 is 0 Å². The second-order valence-corrected chi connectivity index (χ2v) is 9.15. The van der Waals surface area contributed by atoms with E-state index >= 15 is 0 Å². The first-order chi connectivity index (χ1) is 15.9. The van der Waals surface area contributed by atoms with Gasteiger partial charge in [0.2, 0.25) is 11.0 Å². The van der Waals surface area contributed by atoms with E-state index in [4.69, 9.17) is 16.3 Å². The molecule has 0 bridgehead atoms. The van der Waals surface area contributed by atoms with Crippen LogP contribution in [-0.4, -0.2) is 49.0 Å². The standard InChI is InChI=1S/C24H26ClN5O2S/c1-4-21(31)26-17-6-5-7-19(15-17)32-23-22(25)28-24(33-23)27-20-9-8-18(14-16(20)2)30-12-10-29(3)11-13-30/h4-9,14-15H,1,10-13H2,2-3H3,(H,26,31)(H,27,28). The maximum absolute atomic E-state index is 11.5. The number of rotatable bonds is 7. The maximum atomic E-state index is 11.5. The number of aromatic nitrogens is 1. The number of aryl methyl sites for hydroxylation is 1. The number of ether oxygens (including phenoxy) is 1. The number of piperazine rings is 1. The molecule has 2 aromatic carbocycles. The number of anilines is 4. The molecular formula is C24H26ClN5O2S. The van der Waals surface area contributed by atoms with Crippen LogP contribution in [0, 0.1) is 6.92 Å². The summed E-state index contributed by atoms with van der Waals surface area (Å²) in [6.07, 6.45) is 1.21. The van der Waals surface area contributed by atoms with Crippen LogP contribution in [0.1, 0.15) is 5.56 Å². The summed E-state index contributed by atoms with van der Waals surface area (Å²) in [5.74, 6) is 0.255. The van der Waals surface area contributed by atoms with Gasteiger partial charge in [0.15, 0.2) is 10.3 Å². The first-order valence-electron chi connectivity index (χ1n) is 10.6. The van der Waals surface area contributed by atoms with Crippen molar-refractivity contribution in [3.63, 3.8) is 0 Å². The fourth-order valence-corrected chi connectivity index (χ4v) is 4.54. The van der Waals surface area contributed by atoms with Gasteiger partial charge in [-0.1, -0.05) is 35.6 Å². The summed E-state index contributed by atoms with van der Waals surface area (Å²) in [5.41, 5.74) is 3.94. The molecule has 4 rings (SSSR count). The molecule has 3 aromatic rings. The molecule has 0 unspecified atom stereocenters. The highest BCUT2D eigenvalue weighted by molar-refractivity contribution is 7.18. The Morgan fingerprint density at radius 1 is 1.21 bits per heavy atom. The molecule has 33 heavy (non-hydrogen) atoms. The van der Waals surface area contributed by atoms with Crippen LogP contribution in [0.25, 0.3) is 0 Å². The molecule has 1 aromatic heterocycles. The van der Waals surface area contributed by atoms with Gasteiger partial charge in [0.05, 0.1) is 0 Å². The number of nitrogens with one attached hydrogen (secondary N) is 2. The minimum absolute atomic E-state index is 0.273. The van der Waals surface area contributed by atoms with Gasteiger partial charge in [-0.25, -0.2) is 4.98 Å². The zero-order valence-corrected chi connectivity index (χ0v) is 20.2. The lowest BCUT2D eigenvalue weighted by Crippen LogP contribution is -2.44. The molecule has 0 spiro atoms. The summed E-state index contributed by atoms with van der Waals surface area (Å²) in [6.45, 7) is 9.74. The van der Waals surface area contributed by atoms with Crippen molar-refractivity contribution in [1.82, 2.24) is 9.88 Å². The zero-order chi connectivity index (χ0) is 23.4. The summed E-state index contributed by atoms with van der Waals surface area (Å²) in [7, 11) is 2.16. The van der Waals surface area contributed by atoms with Gasteiger partial charge in [-0.2, -0.15) is 0 Å². The third kappa shape index (κ3) is 5.84.